The zero-order valence-electron chi connectivity index (χ0n) is 11.7. The van der Waals surface area contributed by atoms with Crippen LogP contribution in [0.4, 0.5) is 0 Å². The second-order valence-corrected chi connectivity index (χ2v) is 5.98. The van der Waals surface area contributed by atoms with E-state index in [4.69, 9.17) is 4.42 Å². The second-order valence-electron chi connectivity index (χ2n) is 5.98. The van der Waals surface area contributed by atoms with Gasteiger partial charge in [-0.05, 0) is 43.9 Å². The van der Waals surface area contributed by atoms with Gasteiger partial charge in [0, 0.05) is 12.0 Å². The van der Waals surface area contributed by atoms with Crippen molar-refractivity contribution in [3.8, 4) is 0 Å². The van der Waals surface area contributed by atoms with Crippen molar-refractivity contribution < 1.29 is 4.42 Å². The average molecular weight is 269 g/mol. The van der Waals surface area contributed by atoms with Crippen LogP contribution < -0.4 is 0 Å². The maximum Gasteiger partial charge on any atom is 0.230 e. The Hall–Kier alpha value is -1.68. The lowest BCUT2D eigenvalue weighted by molar-refractivity contribution is 0.212. The molecule has 4 nitrogen and oxygen atoms in total. The molecule has 0 spiro atoms. The van der Waals surface area contributed by atoms with Crippen molar-refractivity contribution in [3.05, 3.63) is 47.2 Å². The van der Waals surface area contributed by atoms with Gasteiger partial charge in [-0.3, -0.25) is 4.90 Å². The Morgan fingerprint density at radius 2 is 2.05 bits per heavy atom. The Bertz CT molecular complexity index is 618. The second kappa shape index (κ2) is 4.70. The number of aryl methyl sites for hydroxylation is 1. The number of nitrogens with zero attached hydrogens (tertiary/aromatic N) is 3. The first-order chi connectivity index (χ1) is 9.81. The van der Waals surface area contributed by atoms with Crippen molar-refractivity contribution >= 4 is 0 Å². The lowest BCUT2D eigenvalue weighted by Gasteiger charge is -2.23. The third-order valence-electron chi connectivity index (χ3n) is 4.43. The largest absolute Gasteiger partial charge is 0.424 e. The summed E-state index contributed by atoms with van der Waals surface area (Å²) in [6.07, 6.45) is 4.75. The summed E-state index contributed by atoms with van der Waals surface area (Å²) in [5, 5.41) is 8.35. The molecule has 2 aromatic rings. The highest BCUT2D eigenvalue weighted by molar-refractivity contribution is 5.34. The van der Waals surface area contributed by atoms with E-state index in [2.05, 4.69) is 46.4 Å². The molecule has 104 valence electrons. The van der Waals surface area contributed by atoms with Crippen LogP contribution in [-0.2, 0) is 13.0 Å². The summed E-state index contributed by atoms with van der Waals surface area (Å²) in [7, 11) is 2.15. The van der Waals surface area contributed by atoms with Gasteiger partial charge in [-0.25, -0.2) is 0 Å². The van der Waals surface area contributed by atoms with Gasteiger partial charge in [-0.2, -0.15) is 0 Å². The molecule has 0 radical (unpaired) electrons. The van der Waals surface area contributed by atoms with Crippen LogP contribution in [0.2, 0.25) is 0 Å². The summed E-state index contributed by atoms with van der Waals surface area (Å²) in [5.41, 5.74) is 2.94. The van der Waals surface area contributed by atoms with E-state index >= 15 is 0 Å². The molecular formula is C16H19N3O. The smallest absolute Gasteiger partial charge is 0.230 e. The van der Waals surface area contributed by atoms with Gasteiger partial charge >= 0.3 is 0 Å². The van der Waals surface area contributed by atoms with Gasteiger partial charge in [0.15, 0.2) is 0 Å². The SMILES string of the molecule is CN(Cc1nnc(C2CC2)o1)C1CCc2ccccc21. The molecule has 4 heteroatoms. The molecule has 0 amide bonds. The summed E-state index contributed by atoms with van der Waals surface area (Å²) >= 11 is 0. The monoisotopic (exact) mass is 269 g/mol. The minimum absolute atomic E-state index is 0.475. The molecule has 2 aliphatic carbocycles. The number of hydrogen-bond donors (Lipinski definition) is 0. The van der Waals surface area contributed by atoms with E-state index in [0.29, 0.717) is 12.0 Å². The van der Waals surface area contributed by atoms with Gasteiger partial charge in [0.25, 0.3) is 0 Å². The molecule has 0 aliphatic heterocycles. The van der Waals surface area contributed by atoms with E-state index in [9.17, 15) is 0 Å². The number of benzene rings is 1. The van der Waals surface area contributed by atoms with E-state index in [1.165, 1.54) is 36.8 Å². The quantitative estimate of drug-likeness (QED) is 0.855. The molecule has 1 aromatic carbocycles. The van der Waals surface area contributed by atoms with Gasteiger partial charge < -0.3 is 4.42 Å². The Morgan fingerprint density at radius 1 is 1.20 bits per heavy atom. The zero-order chi connectivity index (χ0) is 13.5. The van der Waals surface area contributed by atoms with Crippen LogP contribution >= 0.6 is 0 Å². The van der Waals surface area contributed by atoms with Crippen molar-refractivity contribution in [2.24, 2.45) is 0 Å². The first kappa shape index (κ1) is 12.1. The van der Waals surface area contributed by atoms with Crippen LogP contribution in [0.15, 0.2) is 28.7 Å². The van der Waals surface area contributed by atoms with Gasteiger partial charge in [0.05, 0.1) is 6.54 Å². The van der Waals surface area contributed by atoms with Gasteiger partial charge in [0.1, 0.15) is 0 Å². The molecule has 20 heavy (non-hydrogen) atoms. The molecule has 1 aromatic heterocycles. The Kier molecular flexibility index (Phi) is 2.84. The van der Waals surface area contributed by atoms with Crippen molar-refractivity contribution in [1.29, 1.82) is 0 Å². The molecule has 1 unspecified atom stereocenters. The van der Waals surface area contributed by atoms with Gasteiger partial charge in [-0.15, -0.1) is 10.2 Å². The highest BCUT2D eigenvalue weighted by Gasteiger charge is 2.30. The molecule has 1 atom stereocenters. The average Bonchev–Trinajstić information content (AvgIpc) is 3.06. The van der Waals surface area contributed by atoms with E-state index in [1.54, 1.807) is 0 Å². The zero-order valence-corrected chi connectivity index (χ0v) is 11.7. The molecule has 2 aliphatic rings. The number of aromatic nitrogens is 2. The van der Waals surface area contributed by atoms with E-state index in [1.807, 2.05) is 0 Å². The summed E-state index contributed by atoms with van der Waals surface area (Å²) in [4.78, 5) is 2.33. The third kappa shape index (κ3) is 2.14. The summed E-state index contributed by atoms with van der Waals surface area (Å²) in [5.74, 6) is 2.12. The minimum Gasteiger partial charge on any atom is -0.424 e. The molecule has 1 saturated carbocycles. The fraction of sp³-hybridized carbons (Fsp3) is 0.500. The third-order valence-corrected chi connectivity index (χ3v) is 4.43. The summed E-state index contributed by atoms with van der Waals surface area (Å²) in [6.45, 7) is 0.735. The number of fused-ring (bicyclic) bond motifs is 1. The number of rotatable bonds is 4. The molecular weight excluding hydrogens is 250 g/mol. The summed E-state index contributed by atoms with van der Waals surface area (Å²) in [6, 6.07) is 9.21. The molecule has 1 fully saturated rings. The lowest BCUT2D eigenvalue weighted by atomic mass is 10.1. The van der Waals surface area contributed by atoms with Crippen molar-refractivity contribution in [3.63, 3.8) is 0 Å². The predicted octanol–water partition coefficient (Wildman–Crippen LogP) is 3.07. The van der Waals surface area contributed by atoms with Crippen LogP contribution in [0, 0.1) is 0 Å². The van der Waals surface area contributed by atoms with Crippen LogP contribution in [-0.4, -0.2) is 22.1 Å². The topological polar surface area (TPSA) is 42.2 Å². The maximum absolute atomic E-state index is 5.76. The standard InChI is InChI=1S/C16H19N3O/c1-19(10-15-17-18-16(20-15)12-6-7-12)14-9-8-11-4-2-3-5-13(11)14/h2-5,12,14H,6-10H2,1H3. The maximum atomic E-state index is 5.76. The predicted molar refractivity (Wildman–Crippen MR) is 75.2 cm³/mol. The summed E-state index contributed by atoms with van der Waals surface area (Å²) < 4.78 is 5.76. The van der Waals surface area contributed by atoms with Crippen LogP contribution in [0.5, 0.6) is 0 Å². The van der Waals surface area contributed by atoms with Gasteiger partial charge in [0.2, 0.25) is 11.8 Å². The fourth-order valence-electron chi connectivity index (χ4n) is 3.14. The Morgan fingerprint density at radius 3 is 2.90 bits per heavy atom. The van der Waals surface area contributed by atoms with Crippen molar-refractivity contribution in [1.82, 2.24) is 15.1 Å². The first-order valence-electron chi connectivity index (χ1n) is 7.41. The van der Waals surface area contributed by atoms with E-state index < -0.39 is 0 Å². The Balaban J connectivity index is 1.48. The van der Waals surface area contributed by atoms with Gasteiger partial charge in [-0.1, -0.05) is 24.3 Å². The van der Waals surface area contributed by atoms with E-state index in [0.717, 1.165) is 18.3 Å². The first-order valence-corrected chi connectivity index (χ1v) is 7.41. The lowest BCUT2D eigenvalue weighted by Crippen LogP contribution is -2.22. The van der Waals surface area contributed by atoms with E-state index in [-0.39, 0.29) is 0 Å². The fourth-order valence-corrected chi connectivity index (χ4v) is 3.14. The normalized spacial score (nSPS) is 21.4. The Labute approximate surface area is 118 Å². The molecule has 0 N–H and O–H groups in total. The highest BCUT2D eigenvalue weighted by atomic mass is 16.4. The van der Waals surface area contributed by atoms with Crippen LogP contribution in [0.3, 0.4) is 0 Å². The minimum atomic E-state index is 0.475. The molecule has 0 bridgehead atoms. The molecule has 1 heterocycles. The van der Waals surface area contributed by atoms with Crippen molar-refractivity contribution in [2.45, 2.75) is 44.2 Å². The van der Waals surface area contributed by atoms with Crippen LogP contribution in [0.25, 0.3) is 0 Å². The molecule has 4 rings (SSSR count). The number of hydrogen-bond acceptors (Lipinski definition) is 4. The highest BCUT2D eigenvalue weighted by Crippen LogP contribution is 2.39. The molecule has 0 saturated heterocycles. The van der Waals surface area contributed by atoms with Crippen molar-refractivity contribution in [2.75, 3.05) is 7.05 Å². The van der Waals surface area contributed by atoms with Crippen LogP contribution in [0.1, 0.15) is 54.1 Å².